The molecule has 2 aromatic carbocycles. The monoisotopic (exact) mass is 351 g/mol. The number of aromatic nitrogens is 4. The number of hydrogen-bond acceptors (Lipinski definition) is 5. The average molecular weight is 351 g/mol. The van der Waals surface area contributed by atoms with Crippen LogP contribution in [0.25, 0.3) is 0 Å². The normalized spacial score (nSPS) is 10.5. The first-order valence-corrected chi connectivity index (χ1v) is 8.57. The molecule has 0 aliphatic heterocycles. The van der Waals surface area contributed by atoms with Gasteiger partial charge in [-0.05, 0) is 54.6 Å². The SMILES string of the molecule is CCN(C(=O)c1cccc(OCc2nnnn2CC)c1)c1ccccc1. The molecule has 7 heteroatoms. The first-order valence-electron chi connectivity index (χ1n) is 8.57. The van der Waals surface area contributed by atoms with Gasteiger partial charge < -0.3 is 9.64 Å². The Morgan fingerprint density at radius 2 is 1.92 bits per heavy atom. The molecule has 0 N–H and O–H groups in total. The molecular weight excluding hydrogens is 330 g/mol. The lowest BCUT2D eigenvalue weighted by atomic mass is 10.1. The number of amides is 1. The molecule has 0 aliphatic rings. The second-order valence-electron chi connectivity index (χ2n) is 5.61. The van der Waals surface area contributed by atoms with Crippen LogP contribution in [0, 0.1) is 0 Å². The predicted octanol–water partition coefficient (Wildman–Crippen LogP) is 2.94. The number of carbonyl (C=O) groups excluding carboxylic acids is 1. The van der Waals surface area contributed by atoms with Gasteiger partial charge >= 0.3 is 0 Å². The number of benzene rings is 2. The lowest BCUT2D eigenvalue weighted by molar-refractivity contribution is 0.0988. The average Bonchev–Trinajstić information content (AvgIpc) is 3.15. The van der Waals surface area contributed by atoms with Crippen LogP contribution in [0.15, 0.2) is 54.6 Å². The Hall–Kier alpha value is -3.22. The second kappa shape index (κ2) is 8.24. The third-order valence-corrected chi connectivity index (χ3v) is 3.98. The highest BCUT2D eigenvalue weighted by Gasteiger charge is 2.16. The van der Waals surface area contributed by atoms with Gasteiger partial charge in [-0.25, -0.2) is 4.68 Å². The van der Waals surface area contributed by atoms with Crippen molar-refractivity contribution in [3.05, 3.63) is 66.0 Å². The van der Waals surface area contributed by atoms with Gasteiger partial charge in [-0.1, -0.05) is 24.3 Å². The number of aryl methyl sites for hydroxylation is 1. The summed E-state index contributed by atoms with van der Waals surface area (Å²) in [6, 6.07) is 16.8. The molecule has 7 nitrogen and oxygen atoms in total. The standard InChI is InChI=1S/C19H21N5O2/c1-3-23(16-10-6-5-7-11-16)19(25)15-9-8-12-17(13-15)26-14-18-20-21-22-24(18)4-2/h5-13H,3-4,14H2,1-2H3. The Kier molecular flexibility index (Phi) is 5.58. The molecular formula is C19H21N5O2. The van der Waals surface area contributed by atoms with Crippen molar-refractivity contribution in [2.45, 2.75) is 27.0 Å². The zero-order valence-electron chi connectivity index (χ0n) is 14.9. The third-order valence-electron chi connectivity index (χ3n) is 3.98. The highest BCUT2D eigenvalue weighted by Crippen LogP contribution is 2.20. The van der Waals surface area contributed by atoms with Crippen molar-refractivity contribution in [3.8, 4) is 5.75 Å². The van der Waals surface area contributed by atoms with Gasteiger partial charge in [0.1, 0.15) is 12.4 Å². The summed E-state index contributed by atoms with van der Waals surface area (Å²) in [7, 11) is 0. The van der Waals surface area contributed by atoms with Crippen molar-refractivity contribution in [2.75, 3.05) is 11.4 Å². The minimum Gasteiger partial charge on any atom is -0.486 e. The van der Waals surface area contributed by atoms with E-state index in [1.807, 2.05) is 56.3 Å². The van der Waals surface area contributed by atoms with Gasteiger partial charge in [-0.3, -0.25) is 4.79 Å². The maximum absolute atomic E-state index is 12.9. The lowest BCUT2D eigenvalue weighted by Crippen LogP contribution is -2.30. The van der Waals surface area contributed by atoms with Crippen molar-refractivity contribution >= 4 is 11.6 Å². The molecule has 0 saturated carbocycles. The van der Waals surface area contributed by atoms with E-state index < -0.39 is 0 Å². The van der Waals surface area contributed by atoms with Crippen LogP contribution in [0.1, 0.15) is 30.0 Å². The topological polar surface area (TPSA) is 73.1 Å². The third kappa shape index (κ3) is 3.88. The molecule has 0 spiro atoms. The fourth-order valence-corrected chi connectivity index (χ4v) is 2.65. The van der Waals surface area contributed by atoms with E-state index in [0.717, 1.165) is 5.69 Å². The van der Waals surface area contributed by atoms with Crippen LogP contribution in [-0.4, -0.2) is 32.7 Å². The molecule has 134 valence electrons. The minimum absolute atomic E-state index is 0.0671. The molecule has 0 radical (unpaired) electrons. The summed E-state index contributed by atoms with van der Waals surface area (Å²) in [6.45, 7) is 5.42. The molecule has 0 atom stereocenters. The van der Waals surface area contributed by atoms with E-state index in [0.29, 0.717) is 30.2 Å². The maximum atomic E-state index is 12.9. The van der Waals surface area contributed by atoms with Gasteiger partial charge in [0.15, 0.2) is 5.82 Å². The van der Waals surface area contributed by atoms with Crippen molar-refractivity contribution in [2.24, 2.45) is 0 Å². The quantitative estimate of drug-likeness (QED) is 0.654. The Bertz CT molecular complexity index is 863. The number of carbonyl (C=O) groups is 1. The van der Waals surface area contributed by atoms with Gasteiger partial charge in [0.2, 0.25) is 0 Å². The summed E-state index contributed by atoms with van der Waals surface area (Å²) in [5, 5.41) is 11.5. The molecule has 3 rings (SSSR count). The van der Waals surface area contributed by atoms with Crippen LogP contribution in [-0.2, 0) is 13.2 Å². The van der Waals surface area contributed by atoms with E-state index in [-0.39, 0.29) is 12.5 Å². The number of ether oxygens (including phenoxy) is 1. The van der Waals surface area contributed by atoms with Crippen LogP contribution < -0.4 is 9.64 Å². The fourth-order valence-electron chi connectivity index (χ4n) is 2.65. The molecule has 0 fully saturated rings. The zero-order chi connectivity index (χ0) is 18.4. The Balaban J connectivity index is 1.75. The van der Waals surface area contributed by atoms with Crippen molar-refractivity contribution in [1.82, 2.24) is 20.2 Å². The van der Waals surface area contributed by atoms with Gasteiger partial charge in [0, 0.05) is 24.3 Å². The van der Waals surface area contributed by atoms with Crippen molar-refractivity contribution in [3.63, 3.8) is 0 Å². The largest absolute Gasteiger partial charge is 0.486 e. The molecule has 0 aliphatic carbocycles. The van der Waals surface area contributed by atoms with Crippen LogP contribution in [0.5, 0.6) is 5.75 Å². The summed E-state index contributed by atoms with van der Waals surface area (Å²) >= 11 is 0. The molecule has 0 bridgehead atoms. The molecule has 0 saturated heterocycles. The summed E-state index contributed by atoms with van der Waals surface area (Å²) < 4.78 is 7.44. The van der Waals surface area contributed by atoms with Crippen LogP contribution in [0.3, 0.4) is 0 Å². The Labute approximate surface area is 152 Å². The van der Waals surface area contributed by atoms with Gasteiger partial charge in [0.25, 0.3) is 5.91 Å². The Morgan fingerprint density at radius 1 is 1.12 bits per heavy atom. The van der Waals surface area contributed by atoms with Gasteiger partial charge in [0.05, 0.1) is 0 Å². The fraction of sp³-hybridized carbons (Fsp3) is 0.263. The minimum atomic E-state index is -0.0671. The first-order chi connectivity index (χ1) is 12.7. The van der Waals surface area contributed by atoms with E-state index in [9.17, 15) is 4.79 Å². The molecule has 1 amide bonds. The zero-order valence-corrected chi connectivity index (χ0v) is 14.9. The second-order valence-corrected chi connectivity index (χ2v) is 5.61. The van der Waals surface area contributed by atoms with Crippen molar-refractivity contribution < 1.29 is 9.53 Å². The lowest BCUT2D eigenvalue weighted by Gasteiger charge is -2.21. The number of nitrogens with zero attached hydrogens (tertiary/aromatic N) is 5. The maximum Gasteiger partial charge on any atom is 0.258 e. The summed E-state index contributed by atoms with van der Waals surface area (Å²) in [5.74, 6) is 1.18. The summed E-state index contributed by atoms with van der Waals surface area (Å²) in [4.78, 5) is 14.6. The summed E-state index contributed by atoms with van der Waals surface area (Å²) in [6.07, 6.45) is 0. The summed E-state index contributed by atoms with van der Waals surface area (Å²) in [5.41, 5.74) is 1.44. The number of hydrogen-bond donors (Lipinski definition) is 0. The van der Waals surface area contributed by atoms with E-state index in [1.54, 1.807) is 21.7 Å². The predicted molar refractivity (Wildman–Crippen MR) is 98.1 cm³/mol. The van der Waals surface area contributed by atoms with Crippen molar-refractivity contribution in [1.29, 1.82) is 0 Å². The van der Waals surface area contributed by atoms with Crippen LogP contribution >= 0.6 is 0 Å². The van der Waals surface area contributed by atoms with Crippen LogP contribution in [0.2, 0.25) is 0 Å². The van der Waals surface area contributed by atoms with Gasteiger partial charge in [-0.2, -0.15) is 0 Å². The molecule has 0 unspecified atom stereocenters. The highest BCUT2D eigenvalue weighted by atomic mass is 16.5. The van der Waals surface area contributed by atoms with E-state index >= 15 is 0 Å². The molecule has 1 heterocycles. The van der Waals surface area contributed by atoms with E-state index in [1.165, 1.54) is 0 Å². The van der Waals surface area contributed by atoms with Crippen LogP contribution in [0.4, 0.5) is 5.69 Å². The smallest absolute Gasteiger partial charge is 0.258 e. The number of rotatable bonds is 7. The highest BCUT2D eigenvalue weighted by molar-refractivity contribution is 6.06. The Morgan fingerprint density at radius 3 is 2.65 bits per heavy atom. The first kappa shape index (κ1) is 17.6. The van der Waals surface area contributed by atoms with E-state index in [2.05, 4.69) is 15.5 Å². The van der Waals surface area contributed by atoms with E-state index in [4.69, 9.17) is 4.74 Å². The molecule has 26 heavy (non-hydrogen) atoms. The number of anilines is 1. The molecule has 3 aromatic rings. The molecule has 1 aromatic heterocycles. The van der Waals surface area contributed by atoms with Gasteiger partial charge in [-0.15, -0.1) is 5.10 Å². The number of para-hydroxylation sites is 1. The number of tetrazole rings is 1.